The molecule has 4 unspecified atom stereocenters. The van der Waals surface area contributed by atoms with Gasteiger partial charge in [-0.25, -0.2) is 0 Å². The molecule has 2 heterocycles. The van der Waals surface area contributed by atoms with E-state index in [1.54, 1.807) is 6.20 Å². The third-order valence-electron chi connectivity index (χ3n) is 3.97. The molecule has 2 aliphatic rings. The number of nitrogens with one attached hydrogen (secondary N) is 1. The quantitative estimate of drug-likeness (QED) is 0.784. The minimum atomic E-state index is -0.164. The zero-order valence-corrected chi connectivity index (χ0v) is 10.3. The Morgan fingerprint density at radius 2 is 2.44 bits per heavy atom. The van der Waals surface area contributed by atoms with Gasteiger partial charge >= 0.3 is 0 Å². The van der Waals surface area contributed by atoms with Crippen LogP contribution in [0.4, 0.5) is 0 Å². The molecule has 1 saturated carbocycles. The summed E-state index contributed by atoms with van der Waals surface area (Å²) in [7, 11) is 0. The molecule has 1 saturated heterocycles. The van der Waals surface area contributed by atoms with E-state index in [9.17, 15) is 4.79 Å². The summed E-state index contributed by atoms with van der Waals surface area (Å²) >= 11 is 0. The van der Waals surface area contributed by atoms with Crippen LogP contribution in [0.5, 0.6) is 0 Å². The lowest BCUT2D eigenvalue weighted by atomic mass is 9.72. The van der Waals surface area contributed by atoms with Gasteiger partial charge in [-0.15, -0.1) is 0 Å². The summed E-state index contributed by atoms with van der Waals surface area (Å²) in [5.74, 6) is 0.239. The first-order valence-corrected chi connectivity index (χ1v) is 6.28. The first-order valence-electron chi connectivity index (χ1n) is 6.28. The van der Waals surface area contributed by atoms with Crippen LogP contribution in [0.2, 0.25) is 0 Å². The van der Waals surface area contributed by atoms with Crippen LogP contribution in [0.15, 0.2) is 18.3 Å². The molecule has 2 fully saturated rings. The molecule has 96 valence electrons. The standard InChI is InChI=1S/C13H17N3O2/c1-7-3-2-5-15-10(7)13(17)16-11-9(14)8-4-6-18-12(8)11/h2-3,5,8-9,11-12H,4,6,14H2,1H3,(H,16,17). The lowest BCUT2D eigenvalue weighted by Crippen LogP contribution is -2.69. The molecule has 5 nitrogen and oxygen atoms in total. The van der Waals surface area contributed by atoms with Gasteiger partial charge in [0.1, 0.15) is 5.69 Å². The van der Waals surface area contributed by atoms with Crippen molar-refractivity contribution in [1.29, 1.82) is 0 Å². The van der Waals surface area contributed by atoms with Crippen molar-refractivity contribution in [1.82, 2.24) is 10.3 Å². The zero-order chi connectivity index (χ0) is 12.7. The number of pyridine rings is 1. The Bertz CT molecular complexity index is 477. The van der Waals surface area contributed by atoms with Gasteiger partial charge in [0, 0.05) is 24.8 Å². The van der Waals surface area contributed by atoms with Gasteiger partial charge in [0.15, 0.2) is 0 Å². The highest BCUT2D eigenvalue weighted by Crippen LogP contribution is 2.37. The van der Waals surface area contributed by atoms with Crippen molar-refractivity contribution < 1.29 is 9.53 Å². The second-order valence-corrected chi connectivity index (χ2v) is 5.03. The van der Waals surface area contributed by atoms with Crippen molar-refractivity contribution in [2.24, 2.45) is 11.7 Å². The van der Waals surface area contributed by atoms with Gasteiger partial charge in [-0.2, -0.15) is 0 Å². The number of aryl methyl sites for hydroxylation is 1. The molecule has 3 rings (SSSR count). The Balaban J connectivity index is 1.70. The van der Waals surface area contributed by atoms with Gasteiger partial charge in [0.2, 0.25) is 0 Å². The predicted molar refractivity (Wildman–Crippen MR) is 66.1 cm³/mol. The number of carbonyl (C=O) groups is 1. The number of nitrogens with zero attached hydrogens (tertiary/aromatic N) is 1. The molecule has 0 bridgehead atoms. The smallest absolute Gasteiger partial charge is 0.270 e. The van der Waals surface area contributed by atoms with Gasteiger partial charge < -0.3 is 15.8 Å². The van der Waals surface area contributed by atoms with Crippen LogP contribution >= 0.6 is 0 Å². The lowest BCUT2D eigenvalue weighted by Gasteiger charge is -2.45. The molecular formula is C13H17N3O2. The summed E-state index contributed by atoms with van der Waals surface area (Å²) in [5, 5.41) is 2.94. The van der Waals surface area contributed by atoms with Crippen molar-refractivity contribution in [3.05, 3.63) is 29.6 Å². The molecular weight excluding hydrogens is 230 g/mol. The van der Waals surface area contributed by atoms with Crippen molar-refractivity contribution in [2.75, 3.05) is 6.61 Å². The first kappa shape index (κ1) is 11.6. The van der Waals surface area contributed by atoms with Crippen LogP contribution in [0.1, 0.15) is 22.5 Å². The second-order valence-electron chi connectivity index (χ2n) is 5.03. The Hall–Kier alpha value is -1.46. The van der Waals surface area contributed by atoms with Gasteiger partial charge in [0.25, 0.3) is 5.91 Å². The van der Waals surface area contributed by atoms with E-state index in [0.717, 1.165) is 18.6 Å². The van der Waals surface area contributed by atoms with Crippen molar-refractivity contribution in [3.8, 4) is 0 Å². The van der Waals surface area contributed by atoms with Crippen molar-refractivity contribution in [2.45, 2.75) is 31.5 Å². The molecule has 18 heavy (non-hydrogen) atoms. The summed E-state index contributed by atoms with van der Waals surface area (Å²) in [6.45, 7) is 2.62. The number of ether oxygens (including phenoxy) is 1. The summed E-state index contributed by atoms with van der Waals surface area (Å²) < 4.78 is 5.59. The lowest BCUT2D eigenvalue weighted by molar-refractivity contribution is -0.0161. The maximum Gasteiger partial charge on any atom is 0.270 e. The Kier molecular flexibility index (Phi) is 2.80. The van der Waals surface area contributed by atoms with Crippen molar-refractivity contribution in [3.63, 3.8) is 0 Å². The minimum absolute atomic E-state index is 0.00506. The summed E-state index contributed by atoms with van der Waals surface area (Å²) in [6.07, 6.45) is 2.71. The number of amides is 1. The maximum atomic E-state index is 12.1. The Morgan fingerprint density at radius 1 is 1.61 bits per heavy atom. The highest BCUT2D eigenvalue weighted by molar-refractivity contribution is 5.94. The first-order chi connectivity index (χ1) is 8.68. The number of hydrogen-bond donors (Lipinski definition) is 2. The fourth-order valence-corrected chi connectivity index (χ4v) is 2.87. The number of rotatable bonds is 2. The molecule has 1 aromatic rings. The SMILES string of the molecule is Cc1cccnc1C(=O)NC1C(N)C2CCOC21. The van der Waals surface area contributed by atoms with Crippen LogP contribution in [0, 0.1) is 12.8 Å². The minimum Gasteiger partial charge on any atom is -0.376 e. The zero-order valence-electron chi connectivity index (χ0n) is 10.3. The molecule has 4 atom stereocenters. The largest absolute Gasteiger partial charge is 0.376 e. The van der Waals surface area contributed by atoms with Gasteiger partial charge in [0.05, 0.1) is 12.1 Å². The van der Waals surface area contributed by atoms with E-state index < -0.39 is 0 Å². The molecule has 1 aliphatic carbocycles. The van der Waals surface area contributed by atoms with E-state index in [2.05, 4.69) is 10.3 Å². The third kappa shape index (κ3) is 1.71. The molecule has 0 spiro atoms. The second kappa shape index (κ2) is 4.33. The van der Waals surface area contributed by atoms with Crippen LogP contribution in [-0.2, 0) is 4.74 Å². The molecule has 0 radical (unpaired) electrons. The Morgan fingerprint density at radius 3 is 3.22 bits per heavy atom. The van der Waals surface area contributed by atoms with Gasteiger partial charge in [-0.3, -0.25) is 9.78 Å². The third-order valence-corrected chi connectivity index (χ3v) is 3.97. The van der Waals surface area contributed by atoms with E-state index in [-0.39, 0.29) is 24.1 Å². The summed E-state index contributed by atoms with van der Waals surface area (Å²) in [6, 6.07) is 3.62. The molecule has 0 aromatic carbocycles. The van der Waals surface area contributed by atoms with E-state index in [1.807, 2.05) is 19.1 Å². The monoisotopic (exact) mass is 247 g/mol. The molecule has 1 amide bonds. The number of carbonyl (C=O) groups excluding carboxylic acids is 1. The van der Waals surface area contributed by atoms with Crippen LogP contribution < -0.4 is 11.1 Å². The average Bonchev–Trinajstić information content (AvgIpc) is 2.81. The van der Waals surface area contributed by atoms with E-state index >= 15 is 0 Å². The highest BCUT2D eigenvalue weighted by atomic mass is 16.5. The fourth-order valence-electron chi connectivity index (χ4n) is 2.87. The molecule has 1 aromatic heterocycles. The highest BCUT2D eigenvalue weighted by Gasteiger charge is 2.52. The normalized spacial score (nSPS) is 33.7. The van der Waals surface area contributed by atoms with E-state index in [1.165, 1.54) is 0 Å². The van der Waals surface area contributed by atoms with Gasteiger partial charge in [-0.1, -0.05) is 6.07 Å². The van der Waals surface area contributed by atoms with E-state index in [4.69, 9.17) is 10.5 Å². The molecule has 5 heteroatoms. The number of hydrogen-bond acceptors (Lipinski definition) is 4. The van der Waals surface area contributed by atoms with Crippen LogP contribution in [-0.4, -0.2) is 35.7 Å². The van der Waals surface area contributed by atoms with E-state index in [0.29, 0.717) is 11.6 Å². The topological polar surface area (TPSA) is 77.2 Å². The van der Waals surface area contributed by atoms with Crippen LogP contribution in [0.3, 0.4) is 0 Å². The Labute approximate surface area is 106 Å². The average molecular weight is 247 g/mol. The fraction of sp³-hybridized carbons (Fsp3) is 0.538. The summed E-state index contributed by atoms with van der Waals surface area (Å²) in [4.78, 5) is 16.2. The van der Waals surface area contributed by atoms with Crippen LogP contribution in [0.25, 0.3) is 0 Å². The maximum absolute atomic E-state index is 12.1. The number of fused-ring (bicyclic) bond motifs is 1. The van der Waals surface area contributed by atoms with Crippen molar-refractivity contribution >= 4 is 5.91 Å². The number of aromatic nitrogens is 1. The van der Waals surface area contributed by atoms with Gasteiger partial charge in [-0.05, 0) is 25.0 Å². The predicted octanol–water partition coefficient (Wildman–Crippen LogP) is 0.234. The molecule has 3 N–H and O–H groups in total. The number of nitrogens with two attached hydrogens (primary N) is 1. The molecule has 1 aliphatic heterocycles. The summed E-state index contributed by atoms with van der Waals surface area (Å²) in [5.41, 5.74) is 7.39.